The summed E-state index contributed by atoms with van der Waals surface area (Å²) in [6, 6.07) is 0. The number of carbonyl (C=O) groups excluding carboxylic acids is 1. The monoisotopic (exact) mass is 413 g/mol. The van der Waals surface area contributed by atoms with Gasteiger partial charge in [0.25, 0.3) is 0 Å². The van der Waals surface area contributed by atoms with Crippen molar-refractivity contribution in [2.75, 3.05) is 33.9 Å². The highest BCUT2D eigenvalue weighted by molar-refractivity contribution is 14.0. The van der Waals surface area contributed by atoms with Crippen molar-refractivity contribution >= 4 is 35.9 Å². The summed E-state index contributed by atoms with van der Waals surface area (Å²) >= 11 is 0. The number of methoxy groups -OCH3 is 1. The number of hydrogen-bond donors (Lipinski definition) is 2. The van der Waals surface area contributed by atoms with Gasteiger partial charge in [-0.15, -0.1) is 24.0 Å². The lowest BCUT2D eigenvalue weighted by atomic mass is 10.0. The van der Waals surface area contributed by atoms with Crippen LogP contribution in [0.15, 0.2) is 4.99 Å². The van der Waals surface area contributed by atoms with Gasteiger partial charge >= 0.3 is 5.97 Å². The normalized spacial score (nSPS) is 21.6. The fourth-order valence-electron chi connectivity index (χ4n) is 2.17. The number of ether oxygens (including phenoxy) is 2. The Balaban J connectivity index is 0.00000400. The summed E-state index contributed by atoms with van der Waals surface area (Å²) in [4.78, 5) is 15.1. The van der Waals surface area contributed by atoms with E-state index in [1.165, 1.54) is 7.11 Å². The van der Waals surface area contributed by atoms with Crippen LogP contribution in [0.5, 0.6) is 0 Å². The topological polar surface area (TPSA) is 72.0 Å². The van der Waals surface area contributed by atoms with Crippen LogP contribution in [-0.2, 0) is 14.3 Å². The number of rotatable bonds is 7. The standard InChI is InChI=1S/C14H27N3O3.HI/c1-14(8-6-10-20-14)11-17-13(15-2)16-9-5-4-7-12(18)19-3;/h4-11H2,1-3H3,(H2,15,16,17);1H. The van der Waals surface area contributed by atoms with Gasteiger partial charge in [0.2, 0.25) is 0 Å². The molecule has 1 rings (SSSR count). The second-order valence-electron chi connectivity index (χ2n) is 5.29. The maximum absolute atomic E-state index is 11.0. The molecule has 0 amide bonds. The van der Waals surface area contributed by atoms with Crippen LogP contribution in [0.4, 0.5) is 0 Å². The number of hydrogen-bond acceptors (Lipinski definition) is 4. The Morgan fingerprint density at radius 3 is 2.71 bits per heavy atom. The van der Waals surface area contributed by atoms with Gasteiger partial charge in [-0.25, -0.2) is 0 Å². The number of esters is 1. The van der Waals surface area contributed by atoms with E-state index in [1.807, 2.05) is 0 Å². The minimum Gasteiger partial charge on any atom is -0.469 e. The van der Waals surface area contributed by atoms with Gasteiger partial charge in [0, 0.05) is 33.2 Å². The van der Waals surface area contributed by atoms with Gasteiger partial charge < -0.3 is 20.1 Å². The third-order valence-corrected chi connectivity index (χ3v) is 3.48. The van der Waals surface area contributed by atoms with E-state index in [-0.39, 0.29) is 35.5 Å². The highest BCUT2D eigenvalue weighted by Gasteiger charge is 2.29. The second kappa shape index (κ2) is 11.1. The molecule has 1 aliphatic heterocycles. The first kappa shape index (κ1) is 20.4. The number of unbranched alkanes of at least 4 members (excludes halogenated alkanes) is 1. The molecule has 7 heteroatoms. The van der Waals surface area contributed by atoms with Gasteiger partial charge in [-0.05, 0) is 32.6 Å². The molecule has 0 aromatic rings. The van der Waals surface area contributed by atoms with Crippen molar-refractivity contribution in [1.82, 2.24) is 10.6 Å². The van der Waals surface area contributed by atoms with Gasteiger partial charge in [-0.3, -0.25) is 9.79 Å². The summed E-state index contributed by atoms with van der Waals surface area (Å²) < 4.78 is 10.3. The highest BCUT2D eigenvalue weighted by atomic mass is 127. The molecule has 0 aliphatic carbocycles. The molecular weight excluding hydrogens is 385 g/mol. The maximum atomic E-state index is 11.0. The molecule has 1 aliphatic rings. The van der Waals surface area contributed by atoms with Crippen LogP contribution in [-0.4, -0.2) is 51.4 Å². The molecule has 124 valence electrons. The zero-order chi connectivity index (χ0) is 14.8. The molecule has 1 fully saturated rings. The number of nitrogens with one attached hydrogen (secondary N) is 2. The van der Waals surface area contributed by atoms with Gasteiger partial charge in [0.1, 0.15) is 0 Å². The van der Waals surface area contributed by atoms with Gasteiger partial charge in [0.05, 0.1) is 12.7 Å². The molecule has 21 heavy (non-hydrogen) atoms. The van der Waals surface area contributed by atoms with Crippen LogP contribution in [0.2, 0.25) is 0 Å². The van der Waals surface area contributed by atoms with Crippen LogP contribution >= 0.6 is 24.0 Å². The zero-order valence-corrected chi connectivity index (χ0v) is 15.6. The summed E-state index contributed by atoms with van der Waals surface area (Å²) in [5.41, 5.74) is -0.0808. The SMILES string of the molecule is CN=C(NCCCCC(=O)OC)NCC1(C)CCCO1.I. The van der Waals surface area contributed by atoms with E-state index in [2.05, 4.69) is 27.3 Å². The minimum absolute atomic E-state index is 0. The first-order valence-corrected chi connectivity index (χ1v) is 7.25. The summed E-state index contributed by atoms with van der Waals surface area (Å²) in [7, 11) is 3.17. The highest BCUT2D eigenvalue weighted by Crippen LogP contribution is 2.23. The van der Waals surface area contributed by atoms with Crippen molar-refractivity contribution in [2.24, 2.45) is 4.99 Å². The molecule has 1 atom stereocenters. The Morgan fingerprint density at radius 1 is 1.38 bits per heavy atom. The van der Waals surface area contributed by atoms with Crippen molar-refractivity contribution in [3.63, 3.8) is 0 Å². The average molecular weight is 413 g/mol. The predicted octanol–water partition coefficient (Wildman–Crippen LogP) is 1.68. The molecule has 2 N–H and O–H groups in total. The Kier molecular flexibility index (Phi) is 10.8. The number of aliphatic imine (C=N–C) groups is 1. The lowest BCUT2D eigenvalue weighted by Crippen LogP contribution is -2.45. The molecule has 0 bridgehead atoms. The predicted molar refractivity (Wildman–Crippen MR) is 94.2 cm³/mol. The molecule has 6 nitrogen and oxygen atoms in total. The summed E-state index contributed by atoms with van der Waals surface area (Å²) in [5.74, 6) is 0.624. The molecular formula is C14H28IN3O3. The van der Waals surface area contributed by atoms with E-state index in [1.54, 1.807) is 7.05 Å². The molecule has 1 unspecified atom stereocenters. The van der Waals surface area contributed by atoms with E-state index in [0.717, 1.165) is 51.3 Å². The minimum atomic E-state index is -0.154. The molecule has 1 saturated heterocycles. The first-order chi connectivity index (χ1) is 9.59. The second-order valence-corrected chi connectivity index (χ2v) is 5.29. The Morgan fingerprint density at radius 2 is 2.14 bits per heavy atom. The summed E-state index contributed by atoms with van der Waals surface area (Å²) in [5, 5.41) is 6.52. The fourth-order valence-corrected chi connectivity index (χ4v) is 2.17. The van der Waals surface area contributed by atoms with Crippen molar-refractivity contribution in [3.8, 4) is 0 Å². The zero-order valence-electron chi connectivity index (χ0n) is 13.2. The van der Waals surface area contributed by atoms with Crippen molar-refractivity contribution in [3.05, 3.63) is 0 Å². The van der Waals surface area contributed by atoms with E-state index in [9.17, 15) is 4.79 Å². The Labute approximate surface area is 144 Å². The van der Waals surface area contributed by atoms with Crippen molar-refractivity contribution in [2.45, 2.75) is 44.6 Å². The van der Waals surface area contributed by atoms with E-state index in [4.69, 9.17) is 4.74 Å². The van der Waals surface area contributed by atoms with Crippen LogP contribution in [0, 0.1) is 0 Å². The van der Waals surface area contributed by atoms with Gasteiger partial charge in [-0.1, -0.05) is 0 Å². The lowest BCUT2D eigenvalue weighted by molar-refractivity contribution is -0.140. The van der Waals surface area contributed by atoms with Gasteiger partial charge in [-0.2, -0.15) is 0 Å². The number of guanidine groups is 1. The van der Waals surface area contributed by atoms with Crippen molar-refractivity contribution in [1.29, 1.82) is 0 Å². The lowest BCUT2D eigenvalue weighted by Gasteiger charge is -2.24. The third kappa shape index (κ3) is 8.45. The number of carbonyl (C=O) groups is 1. The van der Waals surface area contributed by atoms with Crippen molar-refractivity contribution < 1.29 is 14.3 Å². The number of nitrogens with zero attached hydrogens (tertiary/aromatic N) is 1. The van der Waals surface area contributed by atoms with E-state index >= 15 is 0 Å². The fraction of sp³-hybridized carbons (Fsp3) is 0.857. The average Bonchev–Trinajstić information content (AvgIpc) is 2.88. The molecule has 0 radical (unpaired) electrons. The van der Waals surface area contributed by atoms with Crippen LogP contribution in [0.25, 0.3) is 0 Å². The Hall–Kier alpha value is -0.570. The first-order valence-electron chi connectivity index (χ1n) is 7.25. The Bertz CT molecular complexity index is 331. The maximum Gasteiger partial charge on any atom is 0.305 e. The van der Waals surface area contributed by atoms with E-state index < -0.39 is 0 Å². The molecule has 0 aromatic heterocycles. The van der Waals surface area contributed by atoms with Gasteiger partial charge in [0.15, 0.2) is 5.96 Å². The number of halogens is 1. The summed E-state index contributed by atoms with van der Waals surface area (Å²) in [6.45, 7) is 4.51. The molecule has 0 saturated carbocycles. The smallest absolute Gasteiger partial charge is 0.305 e. The van der Waals surface area contributed by atoms with Crippen LogP contribution < -0.4 is 10.6 Å². The van der Waals surface area contributed by atoms with Crippen LogP contribution in [0.1, 0.15) is 39.0 Å². The largest absolute Gasteiger partial charge is 0.469 e. The summed E-state index contributed by atoms with van der Waals surface area (Å²) in [6.07, 6.45) is 4.39. The molecule has 0 aromatic carbocycles. The molecule has 0 spiro atoms. The molecule has 1 heterocycles. The third-order valence-electron chi connectivity index (χ3n) is 3.48. The quantitative estimate of drug-likeness (QED) is 0.219. The van der Waals surface area contributed by atoms with Crippen LogP contribution in [0.3, 0.4) is 0 Å². The van der Waals surface area contributed by atoms with E-state index in [0.29, 0.717) is 6.42 Å².